The van der Waals surface area contributed by atoms with Crippen molar-refractivity contribution in [3.05, 3.63) is 63.7 Å². The van der Waals surface area contributed by atoms with Crippen molar-refractivity contribution in [2.45, 2.75) is 26.4 Å². The molecule has 0 aliphatic heterocycles. The summed E-state index contributed by atoms with van der Waals surface area (Å²) in [6, 6.07) is 6.60. The minimum atomic E-state index is -0.362. The van der Waals surface area contributed by atoms with Gasteiger partial charge in [0.05, 0.1) is 16.3 Å². The molecule has 0 saturated carbocycles. The third kappa shape index (κ3) is 3.36. The minimum absolute atomic E-state index is 0.127. The van der Waals surface area contributed by atoms with Crippen molar-refractivity contribution in [1.29, 1.82) is 0 Å². The average Bonchev–Trinajstić information content (AvgIpc) is 2.46. The van der Waals surface area contributed by atoms with Crippen LogP contribution in [-0.4, -0.2) is 14.9 Å². The molecule has 0 radical (unpaired) electrons. The highest BCUT2D eigenvalue weighted by Gasteiger charge is 2.17. The van der Waals surface area contributed by atoms with Gasteiger partial charge in [-0.05, 0) is 13.8 Å². The third-order valence-corrected chi connectivity index (χ3v) is 3.02. The number of para-hydroxylation sites is 1. The molecule has 1 unspecified atom stereocenters. The topological polar surface area (TPSA) is 81.0 Å². The van der Waals surface area contributed by atoms with Crippen LogP contribution in [0, 0.1) is 17.0 Å². The summed E-state index contributed by atoms with van der Waals surface area (Å²) in [6.07, 6.45) is 3.40. The van der Waals surface area contributed by atoms with E-state index in [0.717, 1.165) is 11.4 Å². The summed E-state index contributed by atoms with van der Waals surface area (Å²) in [5.74, 6) is 0. The van der Waals surface area contributed by atoms with Gasteiger partial charge in [0.2, 0.25) is 0 Å². The van der Waals surface area contributed by atoms with E-state index in [0.29, 0.717) is 12.1 Å². The number of rotatable bonds is 5. The molecular formula is C14H16N4O2. The number of aryl methyl sites for hydroxylation is 1. The van der Waals surface area contributed by atoms with Gasteiger partial charge in [-0.1, -0.05) is 18.2 Å². The summed E-state index contributed by atoms with van der Waals surface area (Å²) in [5, 5.41) is 14.2. The Morgan fingerprint density at radius 2 is 2.05 bits per heavy atom. The molecule has 104 valence electrons. The van der Waals surface area contributed by atoms with Gasteiger partial charge in [0.15, 0.2) is 0 Å². The highest BCUT2D eigenvalue weighted by molar-refractivity contribution is 5.41. The van der Waals surface area contributed by atoms with Crippen molar-refractivity contribution in [3.63, 3.8) is 0 Å². The Labute approximate surface area is 117 Å². The number of nitrogens with one attached hydrogen (secondary N) is 1. The first-order valence-electron chi connectivity index (χ1n) is 6.32. The summed E-state index contributed by atoms with van der Waals surface area (Å²) in [6.45, 7) is 4.28. The van der Waals surface area contributed by atoms with Gasteiger partial charge in [0.25, 0.3) is 5.69 Å². The fraction of sp³-hybridized carbons (Fsp3) is 0.286. The van der Waals surface area contributed by atoms with Gasteiger partial charge in [-0.2, -0.15) is 0 Å². The van der Waals surface area contributed by atoms with Crippen molar-refractivity contribution < 1.29 is 4.92 Å². The molecule has 0 aliphatic carbocycles. The predicted octanol–water partition coefficient (Wildman–Crippen LogP) is 2.54. The first-order valence-corrected chi connectivity index (χ1v) is 6.32. The molecule has 20 heavy (non-hydrogen) atoms. The van der Waals surface area contributed by atoms with E-state index in [-0.39, 0.29) is 16.7 Å². The number of benzene rings is 1. The van der Waals surface area contributed by atoms with Crippen molar-refractivity contribution >= 4 is 5.69 Å². The molecular weight excluding hydrogens is 256 g/mol. The van der Waals surface area contributed by atoms with Crippen LogP contribution in [0.1, 0.15) is 29.9 Å². The van der Waals surface area contributed by atoms with E-state index in [9.17, 15) is 10.1 Å². The highest BCUT2D eigenvalue weighted by atomic mass is 16.6. The fourth-order valence-corrected chi connectivity index (χ4v) is 1.90. The number of hydrogen-bond acceptors (Lipinski definition) is 5. The van der Waals surface area contributed by atoms with Crippen molar-refractivity contribution in [3.8, 4) is 0 Å². The van der Waals surface area contributed by atoms with Gasteiger partial charge in [-0.15, -0.1) is 0 Å². The second kappa shape index (κ2) is 6.21. The third-order valence-electron chi connectivity index (χ3n) is 3.02. The van der Waals surface area contributed by atoms with Crippen LogP contribution >= 0.6 is 0 Å². The molecule has 0 amide bonds. The lowest BCUT2D eigenvalue weighted by Gasteiger charge is -2.14. The molecule has 0 spiro atoms. The zero-order chi connectivity index (χ0) is 14.5. The maximum atomic E-state index is 11.0. The smallest absolute Gasteiger partial charge is 0.274 e. The summed E-state index contributed by atoms with van der Waals surface area (Å²) in [5.41, 5.74) is 2.46. The quantitative estimate of drug-likeness (QED) is 0.668. The van der Waals surface area contributed by atoms with Gasteiger partial charge in [-0.25, -0.2) is 0 Å². The van der Waals surface area contributed by atoms with E-state index in [4.69, 9.17) is 0 Å². The summed E-state index contributed by atoms with van der Waals surface area (Å²) in [4.78, 5) is 19.0. The van der Waals surface area contributed by atoms with Crippen LogP contribution in [0.4, 0.5) is 5.69 Å². The SMILES string of the molecule is Cc1cnc(CNC(C)c2ccccc2[N+](=O)[O-])cn1. The van der Waals surface area contributed by atoms with Crippen molar-refractivity contribution in [2.75, 3.05) is 0 Å². The van der Waals surface area contributed by atoms with E-state index in [1.807, 2.05) is 13.8 Å². The van der Waals surface area contributed by atoms with Crippen LogP contribution in [0.2, 0.25) is 0 Å². The molecule has 0 saturated heterocycles. The lowest BCUT2D eigenvalue weighted by atomic mass is 10.1. The molecule has 1 aromatic heterocycles. The molecule has 2 aromatic rings. The van der Waals surface area contributed by atoms with Crippen LogP contribution in [0.5, 0.6) is 0 Å². The number of nitro benzene ring substituents is 1. The molecule has 6 heteroatoms. The Kier molecular flexibility index (Phi) is 4.37. The van der Waals surface area contributed by atoms with E-state index < -0.39 is 0 Å². The Morgan fingerprint density at radius 3 is 2.70 bits per heavy atom. The molecule has 1 aromatic carbocycles. The molecule has 0 fully saturated rings. The normalized spacial score (nSPS) is 12.1. The molecule has 2 rings (SSSR count). The maximum Gasteiger partial charge on any atom is 0.274 e. The Hall–Kier alpha value is -2.34. The lowest BCUT2D eigenvalue weighted by molar-refractivity contribution is -0.385. The summed E-state index contributed by atoms with van der Waals surface area (Å²) < 4.78 is 0. The lowest BCUT2D eigenvalue weighted by Crippen LogP contribution is -2.19. The van der Waals surface area contributed by atoms with Crippen molar-refractivity contribution in [1.82, 2.24) is 15.3 Å². The monoisotopic (exact) mass is 272 g/mol. The second-order valence-electron chi connectivity index (χ2n) is 4.57. The molecule has 0 bridgehead atoms. The van der Waals surface area contributed by atoms with E-state index in [1.54, 1.807) is 30.6 Å². The Bertz CT molecular complexity index is 598. The first-order chi connectivity index (χ1) is 9.58. The first kappa shape index (κ1) is 14.1. The van der Waals surface area contributed by atoms with E-state index >= 15 is 0 Å². The van der Waals surface area contributed by atoms with Gasteiger partial charge < -0.3 is 5.32 Å². The average molecular weight is 272 g/mol. The maximum absolute atomic E-state index is 11.0. The largest absolute Gasteiger partial charge is 0.304 e. The van der Waals surface area contributed by atoms with Crippen LogP contribution in [0.25, 0.3) is 0 Å². The fourth-order valence-electron chi connectivity index (χ4n) is 1.90. The molecule has 1 atom stereocenters. The highest BCUT2D eigenvalue weighted by Crippen LogP contribution is 2.24. The zero-order valence-electron chi connectivity index (χ0n) is 11.4. The molecule has 6 nitrogen and oxygen atoms in total. The van der Waals surface area contributed by atoms with Gasteiger partial charge >= 0.3 is 0 Å². The van der Waals surface area contributed by atoms with E-state index in [1.165, 1.54) is 6.07 Å². The number of nitro groups is 1. The molecule has 1 N–H and O–H groups in total. The minimum Gasteiger partial charge on any atom is -0.304 e. The number of aromatic nitrogens is 2. The molecule has 1 heterocycles. The summed E-state index contributed by atoms with van der Waals surface area (Å²) in [7, 11) is 0. The number of nitrogens with zero attached hydrogens (tertiary/aromatic N) is 3. The van der Waals surface area contributed by atoms with Gasteiger partial charge in [0, 0.05) is 36.6 Å². The van der Waals surface area contributed by atoms with Crippen LogP contribution < -0.4 is 5.32 Å². The Balaban J connectivity index is 2.07. The van der Waals surface area contributed by atoms with Gasteiger partial charge in [0.1, 0.15) is 0 Å². The van der Waals surface area contributed by atoms with Crippen LogP contribution in [0.3, 0.4) is 0 Å². The van der Waals surface area contributed by atoms with Gasteiger partial charge in [-0.3, -0.25) is 20.1 Å². The molecule has 0 aliphatic rings. The Morgan fingerprint density at radius 1 is 1.30 bits per heavy atom. The number of hydrogen-bond donors (Lipinski definition) is 1. The van der Waals surface area contributed by atoms with E-state index in [2.05, 4.69) is 15.3 Å². The second-order valence-corrected chi connectivity index (χ2v) is 4.57. The van der Waals surface area contributed by atoms with Crippen LogP contribution in [-0.2, 0) is 6.54 Å². The zero-order valence-corrected chi connectivity index (χ0v) is 11.4. The van der Waals surface area contributed by atoms with Crippen LogP contribution in [0.15, 0.2) is 36.7 Å². The van der Waals surface area contributed by atoms with Crippen molar-refractivity contribution in [2.24, 2.45) is 0 Å². The summed E-state index contributed by atoms with van der Waals surface area (Å²) >= 11 is 0. The predicted molar refractivity (Wildman–Crippen MR) is 75.1 cm³/mol. The standard InChI is InChI=1S/C14H16N4O2/c1-10-7-17-12(8-15-10)9-16-11(2)13-5-3-4-6-14(13)18(19)20/h3-8,11,16H,9H2,1-2H3.